The Morgan fingerprint density at radius 2 is 1.68 bits per heavy atom. The molecule has 120 valence electrons. The summed E-state index contributed by atoms with van der Waals surface area (Å²) >= 11 is 7.49. The highest BCUT2D eigenvalue weighted by molar-refractivity contribution is 7.14. The maximum absolute atomic E-state index is 6.03. The molecule has 0 spiro atoms. The molecule has 0 bridgehead atoms. The Bertz CT molecular complexity index is 657. The molecular formula is C16H21ClN2O2S. The molecule has 22 heavy (non-hydrogen) atoms. The van der Waals surface area contributed by atoms with Gasteiger partial charge in [-0.25, -0.2) is 4.98 Å². The van der Waals surface area contributed by atoms with E-state index in [1.807, 2.05) is 53.0 Å². The van der Waals surface area contributed by atoms with Crippen LogP contribution in [0.25, 0.3) is 11.1 Å². The summed E-state index contributed by atoms with van der Waals surface area (Å²) in [5.41, 5.74) is 1.00. The van der Waals surface area contributed by atoms with Gasteiger partial charge < -0.3 is 9.47 Å². The molecule has 0 atom stereocenters. The van der Waals surface area contributed by atoms with E-state index < -0.39 is 0 Å². The molecule has 2 aromatic rings. The second-order valence-corrected chi connectivity index (χ2v) is 8.48. The SMILES string of the molecule is CC(C)(C)Oc1ncc(-c2csc(Cl)c2)c(OC(C)(C)C)n1. The molecule has 0 aliphatic carbocycles. The van der Waals surface area contributed by atoms with Crippen LogP contribution < -0.4 is 9.47 Å². The first-order valence-corrected chi connectivity index (χ1v) is 8.29. The number of halogens is 1. The highest BCUT2D eigenvalue weighted by Gasteiger charge is 2.21. The van der Waals surface area contributed by atoms with Gasteiger partial charge in [-0.2, -0.15) is 4.98 Å². The fraction of sp³-hybridized carbons (Fsp3) is 0.500. The normalized spacial score (nSPS) is 12.3. The Morgan fingerprint density at radius 3 is 2.18 bits per heavy atom. The zero-order valence-corrected chi connectivity index (χ0v) is 15.3. The van der Waals surface area contributed by atoms with Gasteiger partial charge in [0.25, 0.3) is 0 Å². The molecule has 6 heteroatoms. The van der Waals surface area contributed by atoms with Gasteiger partial charge in [-0.05, 0) is 47.6 Å². The molecular weight excluding hydrogens is 320 g/mol. The topological polar surface area (TPSA) is 44.2 Å². The van der Waals surface area contributed by atoms with Gasteiger partial charge in [0.2, 0.25) is 5.88 Å². The molecule has 0 aromatic carbocycles. The van der Waals surface area contributed by atoms with E-state index in [4.69, 9.17) is 21.1 Å². The summed E-state index contributed by atoms with van der Waals surface area (Å²) in [6.45, 7) is 11.8. The molecule has 0 aliphatic rings. The maximum Gasteiger partial charge on any atom is 0.320 e. The summed E-state index contributed by atoms with van der Waals surface area (Å²) in [5.74, 6) is 0.496. The smallest absolute Gasteiger partial charge is 0.320 e. The van der Waals surface area contributed by atoms with E-state index in [0.717, 1.165) is 11.1 Å². The van der Waals surface area contributed by atoms with Gasteiger partial charge in [-0.15, -0.1) is 11.3 Å². The Kier molecular flexibility index (Phi) is 4.68. The molecule has 2 heterocycles. The average Bonchev–Trinajstić information content (AvgIpc) is 2.71. The van der Waals surface area contributed by atoms with Gasteiger partial charge in [0.15, 0.2) is 0 Å². The second kappa shape index (κ2) is 6.05. The molecule has 4 nitrogen and oxygen atoms in total. The molecule has 2 aromatic heterocycles. The number of aromatic nitrogens is 2. The molecule has 0 amide bonds. The van der Waals surface area contributed by atoms with Crippen molar-refractivity contribution in [3.63, 3.8) is 0 Å². The second-order valence-electron chi connectivity index (χ2n) is 6.94. The minimum absolute atomic E-state index is 0.303. The van der Waals surface area contributed by atoms with Crippen LogP contribution in [-0.4, -0.2) is 21.2 Å². The monoisotopic (exact) mass is 340 g/mol. The fourth-order valence-corrected chi connectivity index (χ4v) is 2.57. The van der Waals surface area contributed by atoms with E-state index >= 15 is 0 Å². The van der Waals surface area contributed by atoms with E-state index in [-0.39, 0.29) is 11.2 Å². The first-order valence-electron chi connectivity index (χ1n) is 7.03. The Balaban J connectivity index is 2.44. The zero-order valence-electron chi connectivity index (χ0n) is 13.7. The van der Waals surface area contributed by atoms with Crippen LogP contribution in [0.1, 0.15) is 41.5 Å². The van der Waals surface area contributed by atoms with Crippen LogP contribution in [0.3, 0.4) is 0 Å². The zero-order chi connectivity index (χ0) is 16.5. The lowest BCUT2D eigenvalue weighted by Gasteiger charge is -2.24. The molecule has 0 saturated heterocycles. The minimum Gasteiger partial charge on any atom is -0.471 e. The van der Waals surface area contributed by atoms with Crippen LogP contribution in [0.4, 0.5) is 0 Å². The summed E-state index contributed by atoms with van der Waals surface area (Å²) in [4.78, 5) is 8.72. The van der Waals surface area contributed by atoms with Gasteiger partial charge in [-0.1, -0.05) is 11.6 Å². The predicted octanol–water partition coefficient (Wildman–Crippen LogP) is 5.21. The van der Waals surface area contributed by atoms with Crippen LogP contribution in [0.15, 0.2) is 17.6 Å². The number of hydrogen-bond donors (Lipinski definition) is 0. The van der Waals surface area contributed by atoms with E-state index in [1.54, 1.807) is 6.20 Å². The molecule has 0 fully saturated rings. The first-order chi connectivity index (χ1) is 10.0. The van der Waals surface area contributed by atoms with Crippen molar-refractivity contribution in [3.05, 3.63) is 22.0 Å². The minimum atomic E-state index is -0.373. The lowest BCUT2D eigenvalue weighted by atomic mass is 10.1. The van der Waals surface area contributed by atoms with Gasteiger partial charge in [0.05, 0.1) is 9.90 Å². The number of hydrogen-bond acceptors (Lipinski definition) is 5. The summed E-state index contributed by atoms with van der Waals surface area (Å²) < 4.78 is 12.4. The van der Waals surface area contributed by atoms with Crippen molar-refractivity contribution in [1.29, 1.82) is 0 Å². The molecule has 0 radical (unpaired) electrons. The maximum atomic E-state index is 6.03. The molecule has 0 N–H and O–H groups in total. The van der Waals surface area contributed by atoms with Crippen LogP contribution in [-0.2, 0) is 0 Å². The lowest BCUT2D eigenvalue weighted by Crippen LogP contribution is -2.26. The Morgan fingerprint density at radius 1 is 1.05 bits per heavy atom. The number of ether oxygens (including phenoxy) is 2. The molecule has 0 saturated carbocycles. The van der Waals surface area contributed by atoms with Gasteiger partial charge >= 0.3 is 6.01 Å². The number of thiophene rings is 1. The van der Waals surface area contributed by atoms with Crippen LogP contribution in [0, 0.1) is 0 Å². The van der Waals surface area contributed by atoms with E-state index in [9.17, 15) is 0 Å². The third-order valence-corrected chi connectivity index (χ3v) is 3.50. The predicted molar refractivity (Wildman–Crippen MR) is 91.1 cm³/mol. The van der Waals surface area contributed by atoms with Crippen molar-refractivity contribution >= 4 is 22.9 Å². The highest BCUT2D eigenvalue weighted by Crippen LogP contribution is 2.35. The summed E-state index contributed by atoms with van der Waals surface area (Å²) in [6.07, 6.45) is 1.72. The van der Waals surface area contributed by atoms with Crippen LogP contribution >= 0.6 is 22.9 Å². The highest BCUT2D eigenvalue weighted by atomic mass is 35.5. The Hall–Kier alpha value is -1.33. The van der Waals surface area contributed by atoms with Crippen molar-refractivity contribution in [2.24, 2.45) is 0 Å². The molecule has 0 unspecified atom stereocenters. The van der Waals surface area contributed by atoms with Crippen LogP contribution in [0.2, 0.25) is 4.34 Å². The van der Waals surface area contributed by atoms with E-state index in [0.29, 0.717) is 16.2 Å². The van der Waals surface area contributed by atoms with E-state index in [1.165, 1.54) is 11.3 Å². The van der Waals surface area contributed by atoms with Crippen molar-refractivity contribution in [2.75, 3.05) is 0 Å². The quantitative estimate of drug-likeness (QED) is 0.769. The van der Waals surface area contributed by atoms with Crippen molar-refractivity contribution < 1.29 is 9.47 Å². The average molecular weight is 341 g/mol. The standard InChI is InChI=1S/C16H21ClN2O2S/c1-15(2,3)20-13-11(10-7-12(17)22-9-10)8-18-14(19-13)21-16(4,5)6/h7-9H,1-6H3. The summed E-state index contributed by atoms with van der Waals surface area (Å²) in [6, 6.07) is 2.18. The summed E-state index contributed by atoms with van der Waals surface area (Å²) in [7, 11) is 0. The largest absolute Gasteiger partial charge is 0.471 e. The fourth-order valence-electron chi connectivity index (χ4n) is 1.69. The molecule has 0 aliphatic heterocycles. The summed E-state index contributed by atoms with van der Waals surface area (Å²) in [5, 5.41) is 1.96. The van der Waals surface area contributed by atoms with Crippen molar-refractivity contribution in [3.8, 4) is 23.0 Å². The van der Waals surface area contributed by atoms with Gasteiger partial charge in [0, 0.05) is 17.1 Å². The van der Waals surface area contributed by atoms with Crippen molar-refractivity contribution in [1.82, 2.24) is 9.97 Å². The third kappa shape index (κ3) is 4.85. The van der Waals surface area contributed by atoms with Crippen molar-refractivity contribution in [2.45, 2.75) is 52.7 Å². The molecule has 2 rings (SSSR count). The first kappa shape index (κ1) is 17.0. The van der Waals surface area contributed by atoms with Gasteiger partial charge in [-0.3, -0.25) is 0 Å². The van der Waals surface area contributed by atoms with Crippen LogP contribution in [0.5, 0.6) is 11.9 Å². The lowest BCUT2D eigenvalue weighted by molar-refractivity contribution is 0.103. The third-order valence-electron chi connectivity index (χ3n) is 2.41. The number of nitrogens with zero attached hydrogens (tertiary/aromatic N) is 2. The van der Waals surface area contributed by atoms with E-state index in [2.05, 4.69) is 9.97 Å². The van der Waals surface area contributed by atoms with Gasteiger partial charge in [0.1, 0.15) is 11.2 Å². The number of rotatable bonds is 3. The Labute approximate surface area is 140 Å².